The molecule has 0 aromatic rings. The second-order valence-corrected chi connectivity index (χ2v) is 4.79. The minimum Gasteiger partial charge on any atom is -0.303 e. The summed E-state index contributed by atoms with van der Waals surface area (Å²) >= 11 is 0. The molecule has 0 spiro atoms. The first-order valence-electron chi connectivity index (χ1n) is 6.01. The lowest BCUT2D eigenvalue weighted by molar-refractivity contribution is 0.326. The van der Waals surface area contributed by atoms with E-state index in [0.717, 1.165) is 5.92 Å². The molecule has 86 valence electrons. The third kappa shape index (κ3) is 6.83. The molecule has 0 amide bonds. The van der Waals surface area contributed by atoms with Crippen molar-refractivity contribution in [3.63, 3.8) is 0 Å². The number of halogens is 1. The first kappa shape index (κ1) is 14.4. The fourth-order valence-corrected chi connectivity index (χ4v) is 2.07. The zero-order valence-electron chi connectivity index (χ0n) is 9.80. The Labute approximate surface area is 100 Å². The SMILES string of the molecule is Br.CC(C)CCCCCN1CCCC1. The monoisotopic (exact) mass is 263 g/mol. The zero-order chi connectivity index (χ0) is 9.52. The lowest BCUT2D eigenvalue weighted by Crippen LogP contribution is -2.20. The Hall–Kier alpha value is 0.440. The molecule has 1 rings (SSSR count). The van der Waals surface area contributed by atoms with Crippen molar-refractivity contribution < 1.29 is 0 Å². The molecule has 0 aliphatic carbocycles. The van der Waals surface area contributed by atoms with Crippen molar-refractivity contribution in [2.75, 3.05) is 19.6 Å². The summed E-state index contributed by atoms with van der Waals surface area (Å²) in [6.07, 6.45) is 8.59. The first-order chi connectivity index (χ1) is 6.29. The molecule has 1 nitrogen and oxygen atoms in total. The molecule has 14 heavy (non-hydrogen) atoms. The van der Waals surface area contributed by atoms with Crippen LogP contribution in [0.15, 0.2) is 0 Å². The van der Waals surface area contributed by atoms with Crippen LogP contribution in [0.1, 0.15) is 52.4 Å². The molecule has 0 bridgehead atoms. The van der Waals surface area contributed by atoms with Gasteiger partial charge in [0.15, 0.2) is 0 Å². The summed E-state index contributed by atoms with van der Waals surface area (Å²) in [6, 6.07) is 0. The Morgan fingerprint density at radius 1 is 1.00 bits per heavy atom. The maximum absolute atomic E-state index is 2.62. The Bertz CT molecular complexity index is 119. The van der Waals surface area contributed by atoms with Crippen LogP contribution in [0.2, 0.25) is 0 Å². The van der Waals surface area contributed by atoms with E-state index in [4.69, 9.17) is 0 Å². The smallest absolute Gasteiger partial charge is 0.00183 e. The lowest BCUT2D eigenvalue weighted by Gasteiger charge is -2.13. The number of hydrogen-bond acceptors (Lipinski definition) is 1. The second kappa shape index (κ2) is 8.72. The zero-order valence-corrected chi connectivity index (χ0v) is 11.5. The molecule has 0 atom stereocenters. The molecule has 0 aromatic carbocycles. The predicted molar refractivity (Wildman–Crippen MR) is 69.3 cm³/mol. The van der Waals surface area contributed by atoms with E-state index >= 15 is 0 Å². The molecule has 0 unspecified atom stereocenters. The van der Waals surface area contributed by atoms with Crippen LogP contribution in [-0.4, -0.2) is 24.5 Å². The number of hydrogen-bond donors (Lipinski definition) is 0. The molecule has 1 aliphatic rings. The van der Waals surface area contributed by atoms with Crippen LogP contribution in [-0.2, 0) is 0 Å². The van der Waals surface area contributed by atoms with Crippen molar-refractivity contribution >= 4 is 17.0 Å². The van der Waals surface area contributed by atoms with E-state index in [-0.39, 0.29) is 17.0 Å². The molecule has 1 saturated heterocycles. The highest BCUT2D eigenvalue weighted by molar-refractivity contribution is 8.93. The van der Waals surface area contributed by atoms with Gasteiger partial charge in [-0.15, -0.1) is 17.0 Å². The Balaban J connectivity index is 0.00000169. The number of unbranched alkanes of at least 4 members (excludes halogenated alkanes) is 2. The molecule has 0 N–H and O–H groups in total. The van der Waals surface area contributed by atoms with E-state index in [1.807, 2.05) is 0 Å². The molecule has 2 heteroatoms. The van der Waals surface area contributed by atoms with Gasteiger partial charge in [-0.3, -0.25) is 0 Å². The van der Waals surface area contributed by atoms with Gasteiger partial charge in [-0.25, -0.2) is 0 Å². The van der Waals surface area contributed by atoms with Gasteiger partial charge in [0.05, 0.1) is 0 Å². The van der Waals surface area contributed by atoms with Gasteiger partial charge in [0.25, 0.3) is 0 Å². The van der Waals surface area contributed by atoms with Crippen molar-refractivity contribution in [2.45, 2.75) is 52.4 Å². The minimum atomic E-state index is 0. The Kier molecular flexibility index (Phi) is 9.00. The van der Waals surface area contributed by atoms with E-state index in [0.29, 0.717) is 0 Å². The van der Waals surface area contributed by atoms with Crippen LogP contribution in [0.3, 0.4) is 0 Å². The van der Waals surface area contributed by atoms with Crippen LogP contribution in [0.4, 0.5) is 0 Å². The van der Waals surface area contributed by atoms with E-state index < -0.39 is 0 Å². The van der Waals surface area contributed by atoms with Crippen molar-refractivity contribution in [2.24, 2.45) is 5.92 Å². The number of likely N-dealkylation sites (tertiary alicyclic amines) is 1. The summed E-state index contributed by atoms with van der Waals surface area (Å²) in [5.74, 6) is 0.895. The Morgan fingerprint density at radius 2 is 1.64 bits per heavy atom. The van der Waals surface area contributed by atoms with Crippen molar-refractivity contribution in [1.82, 2.24) is 4.90 Å². The van der Waals surface area contributed by atoms with Gasteiger partial charge in [-0.1, -0.05) is 33.1 Å². The van der Waals surface area contributed by atoms with Crippen molar-refractivity contribution in [3.05, 3.63) is 0 Å². The van der Waals surface area contributed by atoms with Crippen LogP contribution in [0.25, 0.3) is 0 Å². The number of rotatable bonds is 6. The molecule has 0 aromatic heterocycles. The lowest BCUT2D eigenvalue weighted by atomic mass is 10.1. The van der Waals surface area contributed by atoms with E-state index in [1.165, 1.54) is 58.2 Å². The molecule has 0 saturated carbocycles. The van der Waals surface area contributed by atoms with Gasteiger partial charge in [-0.2, -0.15) is 0 Å². The summed E-state index contributed by atoms with van der Waals surface area (Å²) in [4.78, 5) is 2.62. The summed E-state index contributed by atoms with van der Waals surface area (Å²) in [5, 5.41) is 0. The number of nitrogens with zero attached hydrogens (tertiary/aromatic N) is 1. The minimum absolute atomic E-state index is 0. The van der Waals surface area contributed by atoms with E-state index in [9.17, 15) is 0 Å². The van der Waals surface area contributed by atoms with Gasteiger partial charge < -0.3 is 4.90 Å². The molecular weight excluding hydrogens is 238 g/mol. The van der Waals surface area contributed by atoms with Gasteiger partial charge in [0, 0.05) is 0 Å². The average molecular weight is 264 g/mol. The molecule has 0 radical (unpaired) electrons. The molecular formula is C12H26BrN. The van der Waals surface area contributed by atoms with Crippen LogP contribution in [0, 0.1) is 5.92 Å². The van der Waals surface area contributed by atoms with Crippen molar-refractivity contribution in [3.8, 4) is 0 Å². The van der Waals surface area contributed by atoms with Gasteiger partial charge in [0.2, 0.25) is 0 Å². The van der Waals surface area contributed by atoms with Gasteiger partial charge in [-0.05, 0) is 44.8 Å². The van der Waals surface area contributed by atoms with Gasteiger partial charge in [0.1, 0.15) is 0 Å². The highest BCUT2D eigenvalue weighted by atomic mass is 79.9. The molecule has 1 fully saturated rings. The third-order valence-electron chi connectivity index (χ3n) is 2.95. The summed E-state index contributed by atoms with van der Waals surface area (Å²) < 4.78 is 0. The van der Waals surface area contributed by atoms with E-state index in [1.54, 1.807) is 0 Å². The van der Waals surface area contributed by atoms with Crippen LogP contribution < -0.4 is 0 Å². The second-order valence-electron chi connectivity index (χ2n) is 4.79. The van der Waals surface area contributed by atoms with E-state index in [2.05, 4.69) is 18.7 Å². The summed E-state index contributed by atoms with van der Waals surface area (Å²) in [7, 11) is 0. The quantitative estimate of drug-likeness (QED) is 0.658. The maximum Gasteiger partial charge on any atom is -0.00183 e. The van der Waals surface area contributed by atoms with Crippen LogP contribution >= 0.6 is 17.0 Å². The van der Waals surface area contributed by atoms with Crippen LogP contribution in [0.5, 0.6) is 0 Å². The standard InChI is InChI=1S/C12H25N.BrH/c1-12(2)8-4-3-5-9-13-10-6-7-11-13;/h12H,3-11H2,1-2H3;1H. The first-order valence-corrected chi connectivity index (χ1v) is 6.01. The summed E-state index contributed by atoms with van der Waals surface area (Å²) in [6.45, 7) is 8.73. The largest absolute Gasteiger partial charge is 0.303 e. The molecule has 1 aliphatic heterocycles. The van der Waals surface area contributed by atoms with Gasteiger partial charge >= 0.3 is 0 Å². The van der Waals surface area contributed by atoms with Crippen molar-refractivity contribution in [1.29, 1.82) is 0 Å². The average Bonchev–Trinajstić information content (AvgIpc) is 2.55. The highest BCUT2D eigenvalue weighted by Crippen LogP contribution is 2.11. The normalized spacial score (nSPS) is 17.4. The third-order valence-corrected chi connectivity index (χ3v) is 2.95. The predicted octanol–water partition coefficient (Wildman–Crippen LogP) is 3.88. The highest BCUT2D eigenvalue weighted by Gasteiger charge is 2.09. The molecule has 1 heterocycles. The fraction of sp³-hybridized carbons (Fsp3) is 1.00. The summed E-state index contributed by atoms with van der Waals surface area (Å²) in [5.41, 5.74) is 0. The topological polar surface area (TPSA) is 3.24 Å². The fourth-order valence-electron chi connectivity index (χ4n) is 2.07. The maximum atomic E-state index is 2.62. The Morgan fingerprint density at radius 3 is 2.21 bits per heavy atom.